The van der Waals surface area contributed by atoms with Crippen LogP contribution in [0.5, 0.6) is 0 Å². The van der Waals surface area contributed by atoms with E-state index in [1.807, 2.05) is 72.2 Å². The SMILES string of the molecule is Cc1ccc(C(=O)CCC(=O)Nc2ccc(-n3cnc4ccccc43)cc2)s1. The van der Waals surface area contributed by atoms with Gasteiger partial charge in [0.25, 0.3) is 0 Å². The average molecular weight is 389 g/mol. The first kappa shape index (κ1) is 18.1. The Morgan fingerprint density at radius 1 is 1.00 bits per heavy atom. The van der Waals surface area contributed by atoms with E-state index >= 15 is 0 Å². The summed E-state index contributed by atoms with van der Waals surface area (Å²) in [5.41, 5.74) is 3.64. The van der Waals surface area contributed by atoms with Crippen LogP contribution in [0.1, 0.15) is 27.4 Å². The van der Waals surface area contributed by atoms with Crippen LogP contribution in [-0.2, 0) is 4.79 Å². The van der Waals surface area contributed by atoms with Gasteiger partial charge < -0.3 is 5.32 Å². The molecule has 4 aromatic rings. The Labute approximate surface area is 166 Å². The minimum atomic E-state index is -0.164. The molecule has 0 aliphatic heterocycles. The molecule has 4 rings (SSSR count). The third kappa shape index (κ3) is 3.87. The van der Waals surface area contributed by atoms with Gasteiger partial charge in [-0.2, -0.15) is 0 Å². The molecular formula is C22H19N3O2S. The topological polar surface area (TPSA) is 64.0 Å². The minimum absolute atomic E-state index is 0.00980. The predicted octanol–water partition coefficient (Wildman–Crippen LogP) is 5.00. The fourth-order valence-electron chi connectivity index (χ4n) is 3.03. The van der Waals surface area contributed by atoms with Crippen molar-refractivity contribution >= 4 is 39.7 Å². The molecule has 0 spiro atoms. The number of ketones is 1. The van der Waals surface area contributed by atoms with E-state index in [0.29, 0.717) is 10.6 Å². The molecule has 6 heteroatoms. The lowest BCUT2D eigenvalue weighted by atomic mass is 10.2. The molecule has 2 aromatic heterocycles. The number of imidazole rings is 1. The van der Waals surface area contributed by atoms with E-state index in [-0.39, 0.29) is 24.5 Å². The number of hydrogen-bond donors (Lipinski definition) is 1. The molecule has 5 nitrogen and oxygen atoms in total. The lowest BCUT2D eigenvalue weighted by Gasteiger charge is -2.08. The summed E-state index contributed by atoms with van der Waals surface area (Å²) in [6.07, 6.45) is 2.17. The van der Waals surface area contributed by atoms with Crippen LogP contribution >= 0.6 is 11.3 Å². The Morgan fingerprint density at radius 3 is 2.54 bits per heavy atom. The van der Waals surface area contributed by atoms with Crippen LogP contribution in [0.4, 0.5) is 5.69 Å². The number of rotatable bonds is 6. The van der Waals surface area contributed by atoms with Crippen LogP contribution in [0.15, 0.2) is 67.0 Å². The normalized spacial score (nSPS) is 10.9. The molecular weight excluding hydrogens is 370 g/mol. The number of aryl methyl sites for hydroxylation is 1. The monoisotopic (exact) mass is 389 g/mol. The Kier molecular flexibility index (Phi) is 5.04. The standard InChI is InChI=1S/C22H19N3O2S/c1-15-6-12-21(28-15)20(26)11-13-22(27)24-16-7-9-17(10-8-16)25-14-23-18-4-2-3-5-19(18)25/h2-10,12,14H,11,13H2,1H3,(H,24,27). The van der Waals surface area contributed by atoms with Crippen LogP contribution < -0.4 is 5.32 Å². The van der Waals surface area contributed by atoms with Gasteiger partial charge in [0, 0.05) is 29.1 Å². The molecule has 0 aliphatic carbocycles. The zero-order valence-corrected chi connectivity index (χ0v) is 16.2. The first-order chi connectivity index (χ1) is 13.6. The van der Waals surface area contributed by atoms with E-state index < -0.39 is 0 Å². The zero-order valence-electron chi connectivity index (χ0n) is 15.4. The summed E-state index contributed by atoms with van der Waals surface area (Å²) < 4.78 is 2.00. The second kappa shape index (κ2) is 7.78. The van der Waals surface area contributed by atoms with Crippen LogP contribution in [0.2, 0.25) is 0 Å². The maximum absolute atomic E-state index is 12.2. The number of hydrogen-bond acceptors (Lipinski definition) is 4. The molecule has 28 heavy (non-hydrogen) atoms. The molecule has 0 unspecified atom stereocenters. The molecule has 0 saturated carbocycles. The molecule has 0 fully saturated rings. The third-order valence-electron chi connectivity index (χ3n) is 4.48. The van der Waals surface area contributed by atoms with E-state index in [2.05, 4.69) is 10.3 Å². The number of amides is 1. The van der Waals surface area contributed by atoms with Crippen molar-refractivity contribution in [3.05, 3.63) is 76.7 Å². The second-order valence-corrected chi connectivity index (χ2v) is 7.82. The van der Waals surface area contributed by atoms with Crippen LogP contribution in [0.25, 0.3) is 16.7 Å². The highest BCUT2D eigenvalue weighted by atomic mass is 32.1. The quantitative estimate of drug-likeness (QED) is 0.472. The Balaban J connectivity index is 1.37. The smallest absolute Gasteiger partial charge is 0.224 e. The number of carbonyl (C=O) groups is 2. The lowest BCUT2D eigenvalue weighted by Crippen LogP contribution is -2.13. The van der Waals surface area contributed by atoms with Gasteiger partial charge in [-0.05, 0) is 55.5 Å². The number of nitrogens with zero attached hydrogens (tertiary/aromatic N) is 2. The third-order valence-corrected chi connectivity index (χ3v) is 5.52. The maximum Gasteiger partial charge on any atom is 0.224 e. The summed E-state index contributed by atoms with van der Waals surface area (Å²) in [6.45, 7) is 1.96. The Bertz CT molecular complexity index is 1140. The van der Waals surface area contributed by atoms with Crippen molar-refractivity contribution < 1.29 is 9.59 Å². The largest absolute Gasteiger partial charge is 0.326 e. The number of Topliss-reactive ketones (excluding diaryl/α,β-unsaturated/α-hetero) is 1. The number of anilines is 1. The number of carbonyl (C=O) groups excluding carboxylic acids is 2. The zero-order chi connectivity index (χ0) is 19.5. The van der Waals surface area contributed by atoms with Crippen molar-refractivity contribution in [2.75, 3.05) is 5.32 Å². The van der Waals surface area contributed by atoms with Gasteiger partial charge in [-0.25, -0.2) is 4.98 Å². The Morgan fingerprint density at radius 2 is 1.79 bits per heavy atom. The second-order valence-electron chi connectivity index (χ2n) is 6.53. The maximum atomic E-state index is 12.2. The van der Waals surface area contributed by atoms with Gasteiger partial charge in [0.05, 0.1) is 15.9 Å². The van der Waals surface area contributed by atoms with Gasteiger partial charge in [0.15, 0.2) is 5.78 Å². The van der Waals surface area contributed by atoms with E-state index in [0.717, 1.165) is 21.6 Å². The van der Waals surface area contributed by atoms with Crippen LogP contribution in [-0.4, -0.2) is 21.2 Å². The van der Waals surface area contributed by atoms with E-state index in [1.54, 1.807) is 6.33 Å². The number of para-hydroxylation sites is 2. The van der Waals surface area contributed by atoms with Gasteiger partial charge in [-0.3, -0.25) is 14.2 Å². The van der Waals surface area contributed by atoms with Crippen molar-refractivity contribution in [2.24, 2.45) is 0 Å². The molecule has 0 saturated heterocycles. The number of thiophene rings is 1. The van der Waals surface area contributed by atoms with Gasteiger partial charge in [0.2, 0.25) is 5.91 Å². The van der Waals surface area contributed by atoms with E-state index in [4.69, 9.17) is 0 Å². The molecule has 0 radical (unpaired) electrons. The molecule has 140 valence electrons. The van der Waals surface area contributed by atoms with Crippen molar-refractivity contribution in [1.29, 1.82) is 0 Å². The van der Waals surface area contributed by atoms with E-state index in [1.165, 1.54) is 11.3 Å². The van der Waals surface area contributed by atoms with Gasteiger partial charge in [-0.1, -0.05) is 12.1 Å². The fourth-order valence-corrected chi connectivity index (χ4v) is 3.86. The van der Waals surface area contributed by atoms with Crippen LogP contribution in [0.3, 0.4) is 0 Å². The van der Waals surface area contributed by atoms with Crippen LogP contribution in [0, 0.1) is 6.92 Å². The van der Waals surface area contributed by atoms with E-state index in [9.17, 15) is 9.59 Å². The molecule has 0 aliphatic rings. The molecule has 0 bridgehead atoms. The minimum Gasteiger partial charge on any atom is -0.326 e. The van der Waals surface area contributed by atoms with Gasteiger partial charge in [0.1, 0.15) is 6.33 Å². The van der Waals surface area contributed by atoms with Crippen molar-refractivity contribution in [3.63, 3.8) is 0 Å². The number of benzene rings is 2. The van der Waals surface area contributed by atoms with Gasteiger partial charge in [-0.15, -0.1) is 11.3 Å². The van der Waals surface area contributed by atoms with Crippen molar-refractivity contribution in [1.82, 2.24) is 9.55 Å². The predicted molar refractivity (Wildman–Crippen MR) is 112 cm³/mol. The summed E-state index contributed by atoms with van der Waals surface area (Å²) in [5.74, 6) is -0.155. The summed E-state index contributed by atoms with van der Waals surface area (Å²) in [5, 5.41) is 2.85. The number of fused-ring (bicyclic) bond motifs is 1. The molecule has 1 N–H and O–H groups in total. The summed E-state index contributed by atoms with van der Waals surface area (Å²) in [4.78, 5) is 30.5. The summed E-state index contributed by atoms with van der Waals surface area (Å²) >= 11 is 1.46. The molecule has 2 heterocycles. The highest BCUT2D eigenvalue weighted by molar-refractivity contribution is 7.14. The first-order valence-electron chi connectivity index (χ1n) is 9.02. The van der Waals surface area contributed by atoms with Crippen molar-refractivity contribution in [3.8, 4) is 5.69 Å². The van der Waals surface area contributed by atoms with Gasteiger partial charge >= 0.3 is 0 Å². The fraction of sp³-hybridized carbons (Fsp3) is 0.136. The molecule has 1 amide bonds. The average Bonchev–Trinajstić information content (AvgIpc) is 3.33. The summed E-state index contributed by atoms with van der Waals surface area (Å²) in [6, 6.07) is 19.2. The first-order valence-corrected chi connectivity index (χ1v) is 9.84. The summed E-state index contributed by atoms with van der Waals surface area (Å²) in [7, 11) is 0. The number of nitrogens with one attached hydrogen (secondary N) is 1. The lowest BCUT2D eigenvalue weighted by molar-refractivity contribution is -0.116. The highest BCUT2D eigenvalue weighted by Gasteiger charge is 2.11. The van der Waals surface area contributed by atoms with Crippen molar-refractivity contribution in [2.45, 2.75) is 19.8 Å². The molecule has 0 atom stereocenters. The highest BCUT2D eigenvalue weighted by Crippen LogP contribution is 2.20. The molecule has 2 aromatic carbocycles. The Hall–Kier alpha value is -3.25. The number of aromatic nitrogens is 2.